The van der Waals surface area contributed by atoms with E-state index in [9.17, 15) is 14.3 Å². The lowest BCUT2D eigenvalue weighted by atomic mass is 10.0. The molecule has 0 bridgehead atoms. The standard InChI is InChI=1S/C15H23FN2O3/c1-4-10(5-2)18(8-9-21-3)12-7-6-11(16)14(17)13(12)15(19)20/h6-7,10H,4-5,8-9,17H2,1-3H3,(H,19,20). The van der Waals surface area contributed by atoms with Gasteiger partial charge in [-0.05, 0) is 25.0 Å². The molecule has 0 atom stereocenters. The van der Waals surface area contributed by atoms with E-state index in [4.69, 9.17) is 10.5 Å². The molecule has 1 aromatic rings. The molecule has 0 spiro atoms. The molecular formula is C15H23FN2O3. The summed E-state index contributed by atoms with van der Waals surface area (Å²) in [5.41, 5.74) is 5.55. The third-order valence-electron chi connectivity index (χ3n) is 3.61. The maximum Gasteiger partial charge on any atom is 0.340 e. The molecule has 0 aliphatic rings. The van der Waals surface area contributed by atoms with E-state index in [0.29, 0.717) is 18.8 Å². The molecule has 118 valence electrons. The molecule has 0 amide bonds. The highest BCUT2D eigenvalue weighted by atomic mass is 19.1. The van der Waals surface area contributed by atoms with Crippen molar-refractivity contribution in [1.29, 1.82) is 0 Å². The van der Waals surface area contributed by atoms with Gasteiger partial charge in [-0.15, -0.1) is 0 Å². The van der Waals surface area contributed by atoms with Gasteiger partial charge < -0.3 is 20.5 Å². The summed E-state index contributed by atoms with van der Waals surface area (Å²) in [7, 11) is 1.59. The summed E-state index contributed by atoms with van der Waals surface area (Å²) >= 11 is 0. The Balaban J connectivity index is 3.35. The average Bonchev–Trinajstić information content (AvgIpc) is 2.46. The van der Waals surface area contributed by atoms with Crippen LogP contribution in [0.25, 0.3) is 0 Å². The van der Waals surface area contributed by atoms with Gasteiger partial charge in [-0.3, -0.25) is 0 Å². The third-order valence-corrected chi connectivity index (χ3v) is 3.61. The summed E-state index contributed by atoms with van der Waals surface area (Å²) in [6.45, 7) is 5.03. The number of methoxy groups -OCH3 is 1. The normalized spacial score (nSPS) is 10.9. The van der Waals surface area contributed by atoms with Gasteiger partial charge in [0.05, 0.1) is 18.0 Å². The molecular weight excluding hydrogens is 275 g/mol. The Morgan fingerprint density at radius 1 is 1.43 bits per heavy atom. The minimum absolute atomic E-state index is 0.142. The highest BCUT2D eigenvalue weighted by Crippen LogP contribution is 2.30. The molecule has 1 aromatic carbocycles. The van der Waals surface area contributed by atoms with Crippen LogP contribution in [0.5, 0.6) is 0 Å². The van der Waals surface area contributed by atoms with Crippen LogP contribution in [0, 0.1) is 5.82 Å². The lowest BCUT2D eigenvalue weighted by Crippen LogP contribution is -2.38. The van der Waals surface area contributed by atoms with Crippen molar-refractivity contribution in [2.45, 2.75) is 32.7 Å². The molecule has 5 nitrogen and oxygen atoms in total. The summed E-state index contributed by atoms with van der Waals surface area (Å²) in [4.78, 5) is 13.4. The molecule has 0 aliphatic heterocycles. The second-order valence-electron chi connectivity index (χ2n) is 4.82. The first-order chi connectivity index (χ1) is 9.97. The summed E-state index contributed by atoms with van der Waals surface area (Å²) in [5, 5.41) is 9.37. The van der Waals surface area contributed by atoms with Crippen molar-refractivity contribution in [3.63, 3.8) is 0 Å². The van der Waals surface area contributed by atoms with Crippen molar-refractivity contribution in [3.8, 4) is 0 Å². The van der Waals surface area contributed by atoms with E-state index in [2.05, 4.69) is 0 Å². The van der Waals surface area contributed by atoms with Gasteiger partial charge in [0.15, 0.2) is 0 Å². The fourth-order valence-corrected chi connectivity index (χ4v) is 2.47. The minimum Gasteiger partial charge on any atom is -0.478 e. The van der Waals surface area contributed by atoms with Gasteiger partial charge in [0.2, 0.25) is 0 Å². The van der Waals surface area contributed by atoms with Gasteiger partial charge in [-0.25, -0.2) is 9.18 Å². The molecule has 0 heterocycles. The first-order valence-corrected chi connectivity index (χ1v) is 7.04. The fraction of sp³-hybridized carbons (Fsp3) is 0.533. The zero-order chi connectivity index (χ0) is 16.0. The molecule has 6 heteroatoms. The Morgan fingerprint density at radius 3 is 2.52 bits per heavy atom. The third kappa shape index (κ3) is 3.85. The number of hydrogen-bond acceptors (Lipinski definition) is 4. The summed E-state index contributed by atoms with van der Waals surface area (Å²) in [6, 6.07) is 2.82. The fourth-order valence-electron chi connectivity index (χ4n) is 2.47. The number of anilines is 2. The Hall–Kier alpha value is -1.82. The van der Waals surface area contributed by atoms with E-state index in [0.717, 1.165) is 12.8 Å². The van der Waals surface area contributed by atoms with Gasteiger partial charge in [0, 0.05) is 19.7 Å². The number of halogens is 1. The summed E-state index contributed by atoms with van der Waals surface area (Å²) < 4.78 is 18.7. The van der Waals surface area contributed by atoms with Crippen molar-refractivity contribution in [1.82, 2.24) is 0 Å². The predicted octanol–water partition coefficient (Wildman–Crippen LogP) is 2.75. The second kappa shape index (κ2) is 7.83. The number of benzene rings is 1. The van der Waals surface area contributed by atoms with E-state index in [1.165, 1.54) is 12.1 Å². The van der Waals surface area contributed by atoms with Crippen LogP contribution >= 0.6 is 0 Å². The van der Waals surface area contributed by atoms with Crippen LogP contribution in [0.4, 0.5) is 15.8 Å². The van der Waals surface area contributed by atoms with Crippen LogP contribution in [-0.4, -0.2) is 37.4 Å². The molecule has 0 fully saturated rings. The second-order valence-corrected chi connectivity index (χ2v) is 4.82. The van der Waals surface area contributed by atoms with Gasteiger partial charge in [-0.2, -0.15) is 0 Å². The number of ether oxygens (including phenoxy) is 1. The highest BCUT2D eigenvalue weighted by Gasteiger charge is 2.24. The van der Waals surface area contributed by atoms with Gasteiger partial charge in [0.25, 0.3) is 0 Å². The van der Waals surface area contributed by atoms with E-state index in [1.54, 1.807) is 7.11 Å². The molecule has 0 aliphatic carbocycles. The van der Waals surface area contributed by atoms with E-state index < -0.39 is 11.8 Å². The molecule has 21 heavy (non-hydrogen) atoms. The minimum atomic E-state index is -1.23. The number of nitrogen functional groups attached to an aromatic ring is 1. The lowest BCUT2D eigenvalue weighted by Gasteiger charge is -2.33. The van der Waals surface area contributed by atoms with Crippen LogP contribution < -0.4 is 10.6 Å². The van der Waals surface area contributed by atoms with Crippen LogP contribution in [0.1, 0.15) is 37.0 Å². The number of carbonyl (C=O) groups is 1. The largest absolute Gasteiger partial charge is 0.478 e. The highest BCUT2D eigenvalue weighted by molar-refractivity contribution is 6.00. The zero-order valence-corrected chi connectivity index (χ0v) is 12.7. The topological polar surface area (TPSA) is 75.8 Å². The number of hydrogen-bond donors (Lipinski definition) is 2. The summed E-state index contributed by atoms with van der Waals surface area (Å²) in [5.74, 6) is -1.94. The van der Waals surface area contributed by atoms with Crippen molar-refractivity contribution in [2.75, 3.05) is 30.9 Å². The molecule has 1 rings (SSSR count). The lowest BCUT2D eigenvalue weighted by molar-refractivity contribution is 0.0698. The van der Waals surface area contributed by atoms with E-state index in [-0.39, 0.29) is 17.3 Å². The summed E-state index contributed by atoms with van der Waals surface area (Å²) in [6.07, 6.45) is 1.69. The van der Waals surface area contributed by atoms with E-state index >= 15 is 0 Å². The Kier molecular flexibility index (Phi) is 6.42. The first-order valence-electron chi connectivity index (χ1n) is 7.04. The number of carboxylic acid groups (broad SMARTS) is 1. The average molecular weight is 298 g/mol. The quantitative estimate of drug-likeness (QED) is 0.722. The molecule has 0 saturated heterocycles. The molecule has 3 N–H and O–H groups in total. The Morgan fingerprint density at radius 2 is 2.05 bits per heavy atom. The first kappa shape index (κ1) is 17.2. The van der Waals surface area contributed by atoms with Crippen molar-refractivity contribution < 1.29 is 19.0 Å². The monoisotopic (exact) mass is 298 g/mol. The van der Waals surface area contributed by atoms with Gasteiger partial charge in [0.1, 0.15) is 11.4 Å². The zero-order valence-electron chi connectivity index (χ0n) is 12.7. The number of nitrogens with two attached hydrogens (primary N) is 1. The molecule has 0 aromatic heterocycles. The van der Waals surface area contributed by atoms with Crippen LogP contribution in [0.3, 0.4) is 0 Å². The molecule has 0 radical (unpaired) electrons. The van der Waals surface area contributed by atoms with Crippen LogP contribution in [0.2, 0.25) is 0 Å². The number of aromatic carboxylic acids is 1. The van der Waals surface area contributed by atoms with Crippen LogP contribution in [0.15, 0.2) is 12.1 Å². The smallest absolute Gasteiger partial charge is 0.340 e. The molecule has 0 saturated carbocycles. The SMILES string of the molecule is CCC(CC)N(CCOC)c1ccc(F)c(N)c1C(=O)O. The maximum atomic E-state index is 13.6. The predicted molar refractivity (Wildman–Crippen MR) is 81.4 cm³/mol. The van der Waals surface area contributed by atoms with Crippen molar-refractivity contribution in [2.24, 2.45) is 0 Å². The van der Waals surface area contributed by atoms with Crippen molar-refractivity contribution in [3.05, 3.63) is 23.5 Å². The van der Waals surface area contributed by atoms with Gasteiger partial charge >= 0.3 is 5.97 Å². The number of carboxylic acids is 1. The Bertz CT molecular complexity index is 490. The van der Waals surface area contributed by atoms with Crippen LogP contribution in [-0.2, 0) is 4.74 Å². The van der Waals surface area contributed by atoms with E-state index in [1.807, 2.05) is 18.7 Å². The Labute approximate surface area is 124 Å². The van der Waals surface area contributed by atoms with Gasteiger partial charge in [-0.1, -0.05) is 13.8 Å². The van der Waals surface area contributed by atoms with Crippen molar-refractivity contribution >= 4 is 17.3 Å². The number of rotatable bonds is 8. The maximum absolute atomic E-state index is 13.6. The molecule has 0 unspecified atom stereocenters. The number of nitrogens with zero attached hydrogens (tertiary/aromatic N) is 1.